The number of nitrogens with zero attached hydrogens (tertiary/aromatic N) is 4. The van der Waals surface area contributed by atoms with Gasteiger partial charge in [-0.1, -0.05) is 182 Å². The molecular weight excluding hydrogens is 757 g/mol. The third kappa shape index (κ3) is 6.97. The van der Waals surface area contributed by atoms with Crippen LogP contribution in [0.1, 0.15) is 0 Å². The quantitative estimate of drug-likeness (QED) is 0.146. The lowest BCUT2D eigenvalue weighted by atomic mass is 10.0. The molecule has 0 spiro atoms. The van der Waals surface area contributed by atoms with Crippen LogP contribution in [0.5, 0.6) is 0 Å². The Balaban J connectivity index is 1.10. The summed E-state index contributed by atoms with van der Waals surface area (Å²) in [5.41, 5.74) is 13.9. The summed E-state index contributed by atoms with van der Waals surface area (Å²) in [4.78, 5) is 18.0. The fraction of sp³-hybridized carbons (Fsp3) is 0. The highest BCUT2D eigenvalue weighted by molar-refractivity contribution is 6.15. The van der Waals surface area contributed by atoms with Gasteiger partial charge in [0.1, 0.15) is 5.58 Å². The number of hydrogen-bond donors (Lipinski definition) is 0. The minimum Gasteiger partial charge on any atom is -0.454 e. The first-order valence-electron chi connectivity index (χ1n) is 20.8. The molecule has 5 nitrogen and oxygen atoms in total. The molecular formula is C57H38N4O. The van der Waals surface area contributed by atoms with Crippen molar-refractivity contribution in [3.05, 3.63) is 231 Å². The Morgan fingerprint density at radius 3 is 1.34 bits per heavy atom. The first-order valence-corrected chi connectivity index (χ1v) is 20.8. The SMILES string of the molecule is c1ccc(-c2cccc(-c3nc(-c4cccc(-c5ccccc5)c4)nc(-c4cccc5oc6c(N(c7ccccc7)c7cccc(-c8ccccc8)c7)cccc6c45)n3)c2)cc1. The molecule has 2 heterocycles. The highest BCUT2D eigenvalue weighted by atomic mass is 16.3. The van der Waals surface area contributed by atoms with Gasteiger partial charge in [-0.15, -0.1) is 0 Å². The third-order valence-electron chi connectivity index (χ3n) is 11.3. The highest BCUT2D eigenvalue weighted by Gasteiger charge is 2.23. The number of hydrogen-bond acceptors (Lipinski definition) is 5. The molecule has 11 rings (SSSR count). The molecule has 0 amide bonds. The van der Waals surface area contributed by atoms with Crippen molar-refractivity contribution in [1.29, 1.82) is 0 Å². The van der Waals surface area contributed by atoms with Crippen molar-refractivity contribution in [2.45, 2.75) is 0 Å². The topological polar surface area (TPSA) is 55.1 Å². The minimum atomic E-state index is 0.564. The molecule has 9 aromatic carbocycles. The summed E-state index contributed by atoms with van der Waals surface area (Å²) in [5.74, 6) is 1.74. The molecule has 0 aliphatic carbocycles. The number of aromatic nitrogens is 3. The Bertz CT molecular complexity index is 3250. The molecule has 62 heavy (non-hydrogen) atoms. The number of furan rings is 1. The third-order valence-corrected chi connectivity index (χ3v) is 11.3. The molecule has 11 aromatic rings. The van der Waals surface area contributed by atoms with E-state index in [2.05, 4.69) is 199 Å². The van der Waals surface area contributed by atoms with Crippen molar-refractivity contribution >= 4 is 39.0 Å². The molecule has 0 radical (unpaired) electrons. The van der Waals surface area contributed by atoms with Gasteiger partial charge in [-0.25, -0.2) is 15.0 Å². The molecule has 0 saturated carbocycles. The molecule has 0 aliphatic rings. The molecule has 0 saturated heterocycles. The smallest absolute Gasteiger partial charge is 0.164 e. The van der Waals surface area contributed by atoms with E-state index in [9.17, 15) is 0 Å². The van der Waals surface area contributed by atoms with Crippen LogP contribution >= 0.6 is 0 Å². The highest BCUT2D eigenvalue weighted by Crippen LogP contribution is 2.45. The van der Waals surface area contributed by atoms with Crippen molar-refractivity contribution in [3.8, 4) is 67.5 Å². The lowest BCUT2D eigenvalue weighted by molar-refractivity contribution is 0.669. The van der Waals surface area contributed by atoms with Gasteiger partial charge in [0.25, 0.3) is 0 Å². The molecule has 5 heteroatoms. The van der Waals surface area contributed by atoms with E-state index in [-0.39, 0.29) is 0 Å². The Kier molecular flexibility index (Phi) is 9.45. The average molecular weight is 795 g/mol. The van der Waals surface area contributed by atoms with E-state index >= 15 is 0 Å². The Labute approximate surface area is 359 Å². The minimum absolute atomic E-state index is 0.564. The Morgan fingerprint density at radius 2 is 0.758 bits per heavy atom. The summed E-state index contributed by atoms with van der Waals surface area (Å²) in [7, 11) is 0. The monoisotopic (exact) mass is 794 g/mol. The van der Waals surface area contributed by atoms with Gasteiger partial charge < -0.3 is 9.32 Å². The normalized spacial score (nSPS) is 11.2. The van der Waals surface area contributed by atoms with Crippen molar-refractivity contribution < 1.29 is 4.42 Å². The van der Waals surface area contributed by atoms with Crippen LogP contribution in [0.2, 0.25) is 0 Å². The maximum absolute atomic E-state index is 6.93. The van der Waals surface area contributed by atoms with Crippen LogP contribution in [0.15, 0.2) is 235 Å². The second kappa shape index (κ2) is 16.0. The van der Waals surface area contributed by atoms with Gasteiger partial charge in [0.05, 0.1) is 5.69 Å². The number of para-hydroxylation sites is 2. The molecule has 0 aliphatic heterocycles. The van der Waals surface area contributed by atoms with Gasteiger partial charge in [0, 0.05) is 38.8 Å². The van der Waals surface area contributed by atoms with E-state index < -0.39 is 0 Å². The lowest BCUT2D eigenvalue weighted by Crippen LogP contribution is -2.10. The van der Waals surface area contributed by atoms with Crippen LogP contribution in [-0.2, 0) is 0 Å². The first kappa shape index (κ1) is 36.7. The fourth-order valence-corrected chi connectivity index (χ4v) is 8.35. The molecule has 0 N–H and O–H groups in total. The van der Waals surface area contributed by atoms with Gasteiger partial charge in [-0.05, 0) is 81.9 Å². The Hall–Kier alpha value is -8.41. The number of fused-ring (bicyclic) bond motifs is 3. The van der Waals surface area contributed by atoms with Crippen molar-refractivity contribution in [2.75, 3.05) is 4.90 Å². The van der Waals surface area contributed by atoms with Gasteiger partial charge in [-0.2, -0.15) is 0 Å². The van der Waals surface area contributed by atoms with Crippen LogP contribution in [0.3, 0.4) is 0 Å². The first-order chi connectivity index (χ1) is 30.7. The second-order valence-corrected chi connectivity index (χ2v) is 15.2. The zero-order valence-corrected chi connectivity index (χ0v) is 33.6. The second-order valence-electron chi connectivity index (χ2n) is 15.2. The largest absolute Gasteiger partial charge is 0.454 e. The molecule has 0 atom stereocenters. The van der Waals surface area contributed by atoms with Crippen LogP contribution in [-0.4, -0.2) is 15.0 Å². The summed E-state index contributed by atoms with van der Waals surface area (Å²) in [6.07, 6.45) is 0. The molecule has 2 aromatic heterocycles. The summed E-state index contributed by atoms with van der Waals surface area (Å²) in [6, 6.07) is 79.7. The van der Waals surface area contributed by atoms with E-state index in [1.54, 1.807) is 0 Å². The summed E-state index contributed by atoms with van der Waals surface area (Å²) in [6.45, 7) is 0. The predicted molar refractivity (Wildman–Crippen MR) is 254 cm³/mol. The van der Waals surface area contributed by atoms with Gasteiger partial charge in [0.15, 0.2) is 23.1 Å². The fourth-order valence-electron chi connectivity index (χ4n) is 8.35. The molecule has 292 valence electrons. The zero-order valence-electron chi connectivity index (χ0n) is 33.6. The van der Waals surface area contributed by atoms with Gasteiger partial charge in [-0.3, -0.25) is 0 Å². The van der Waals surface area contributed by atoms with Crippen LogP contribution in [0.4, 0.5) is 17.1 Å². The maximum atomic E-state index is 6.93. The summed E-state index contributed by atoms with van der Waals surface area (Å²) < 4.78 is 6.93. The van der Waals surface area contributed by atoms with E-state index in [1.807, 2.05) is 36.4 Å². The van der Waals surface area contributed by atoms with E-state index in [0.717, 1.165) is 89.1 Å². The predicted octanol–water partition coefficient (Wildman–Crippen LogP) is 15.2. The van der Waals surface area contributed by atoms with Crippen molar-refractivity contribution in [1.82, 2.24) is 15.0 Å². The van der Waals surface area contributed by atoms with Crippen LogP contribution < -0.4 is 4.90 Å². The Morgan fingerprint density at radius 1 is 0.323 bits per heavy atom. The lowest BCUT2D eigenvalue weighted by Gasteiger charge is -2.26. The van der Waals surface area contributed by atoms with Crippen LogP contribution in [0, 0.1) is 0 Å². The molecule has 0 unspecified atom stereocenters. The number of anilines is 3. The van der Waals surface area contributed by atoms with Crippen molar-refractivity contribution in [2.24, 2.45) is 0 Å². The maximum Gasteiger partial charge on any atom is 0.164 e. The molecule has 0 bridgehead atoms. The van der Waals surface area contributed by atoms with Gasteiger partial charge >= 0.3 is 0 Å². The summed E-state index contributed by atoms with van der Waals surface area (Å²) >= 11 is 0. The number of rotatable bonds is 9. The van der Waals surface area contributed by atoms with Gasteiger partial charge in [0.2, 0.25) is 0 Å². The van der Waals surface area contributed by atoms with Crippen molar-refractivity contribution in [3.63, 3.8) is 0 Å². The van der Waals surface area contributed by atoms with E-state index in [4.69, 9.17) is 19.4 Å². The zero-order chi connectivity index (χ0) is 41.2. The molecule has 0 fully saturated rings. The average Bonchev–Trinajstić information content (AvgIpc) is 3.75. The standard InChI is InChI=1S/C57H38N4O/c1-5-18-39(19-6-1)42-24-13-27-45(36-42)55-58-56(46-28-14-25-43(37-46)40-20-7-2-8-21-40)60-57(59-55)50-33-17-35-52-53(50)49-32-16-34-51(54(49)62-52)61(47-29-11-4-12-30-47)48-31-15-26-44(38-48)41-22-9-3-10-23-41/h1-38H. The van der Waals surface area contributed by atoms with E-state index in [0.29, 0.717) is 17.5 Å². The van der Waals surface area contributed by atoms with Crippen LogP contribution in [0.25, 0.3) is 89.5 Å². The summed E-state index contributed by atoms with van der Waals surface area (Å²) in [5, 5.41) is 1.91. The van der Waals surface area contributed by atoms with E-state index in [1.165, 1.54) is 0 Å². The number of benzene rings is 9.